The van der Waals surface area contributed by atoms with Crippen LogP contribution in [0.1, 0.15) is 13.8 Å². The van der Waals surface area contributed by atoms with Crippen molar-refractivity contribution in [1.29, 1.82) is 0 Å². The highest BCUT2D eigenvalue weighted by Gasteiger charge is 2.38. The smallest absolute Gasteiger partial charge is 0.377 e. The average Bonchev–Trinajstić information content (AvgIpc) is 2.06. The van der Waals surface area contributed by atoms with Gasteiger partial charge in [0, 0.05) is 26.4 Å². The van der Waals surface area contributed by atoms with Crippen LogP contribution in [0.5, 0.6) is 0 Å². The number of rotatable bonds is 7. The molecule has 0 saturated carbocycles. The SMILES string of the molecule is CCO[Si](CCN)(OC)OCC. The Balaban J connectivity index is 4.06. The van der Waals surface area contributed by atoms with Gasteiger partial charge in [0.1, 0.15) is 0 Å². The van der Waals surface area contributed by atoms with Crippen molar-refractivity contribution in [3.8, 4) is 0 Å². The summed E-state index contributed by atoms with van der Waals surface area (Å²) in [6.07, 6.45) is 0. The predicted octanol–water partition coefficient (Wildman–Crippen LogP) is 0.603. The molecule has 0 aromatic carbocycles. The van der Waals surface area contributed by atoms with Gasteiger partial charge in [-0.15, -0.1) is 0 Å². The molecule has 0 aromatic heterocycles. The molecule has 74 valence electrons. The van der Waals surface area contributed by atoms with Gasteiger partial charge in [0.15, 0.2) is 0 Å². The van der Waals surface area contributed by atoms with E-state index in [4.69, 9.17) is 19.0 Å². The number of hydrogen-bond donors (Lipinski definition) is 1. The van der Waals surface area contributed by atoms with Gasteiger partial charge in [-0.25, -0.2) is 0 Å². The van der Waals surface area contributed by atoms with Gasteiger partial charge in [-0.05, 0) is 20.4 Å². The minimum absolute atomic E-state index is 0.542. The van der Waals surface area contributed by atoms with Crippen LogP contribution in [0, 0.1) is 0 Å². The van der Waals surface area contributed by atoms with Crippen molar-refractivity contribution in [2.24, 2.45) is 5.73 Å². The minimum Gasteiger partial charge on any atom is -0.377 e. The van der Waals surface area contributed by atoms with Crippen LogP contribution in [0.3, 0.4) is 0 Å². The predicted molar refractivity (Wildman–Crippen MR) is 49.9 cm³/mol. The van der Waals surface area contributed by atoms with E-state index in [2.05, 4.69) is 0 Å². The first-order chi connectivity index (χ1) is 5.74. The van der Waals surface area contributed by atoms with E-state index in [-0.39, 0.29) is 0 Å². The van der Waals surface area contributed by atoms with Crippen molar-refractivity contribution >= 4 is 8.80 Å². The van der Waals surface area contributed by atoms with E-state index in [1.54, 1.807) is 7.11 Å². The second kappa shape index (κ2) is 6.56. The molecular formula is C7H19NO3Si. The summed E-state index contributed by atoms with van der Waals surface area (Å²) in [5.41, 5.74) is 5.45. The Morgan fingerprint density at radius 1 is 1.17 bits per heavy atom. The molecule has 0 aromatic rings. The van der Waals surface area contributed by atoms with Crippen molar-refractivity contribution in [3.05, 3.63) is 0 Å². The zero-order chi connectivity index (χ0) is 9.45. The summed E-state index contributed by atoms with van der Waals surface area (Å²) in [4.78, 5) is 0. The molecule has 2 N–H and O–H groups in total. The van der Waals surface area contributed by atoms with E-state index in [1.165, 1.54) is 0 Å². The molecule has 0 heterocycles. The molecule has 0 atom stereocenters. The van der Waals surface area contributed by atoms with Gasteiger partial charge in [0.25, 0.3) is 0 Å². The summed E-state index contributed by atoms with van der Waals surface area (Å²) in [6, 6.07) is 0.686. The van der Waals surface area contributed by atoms with Crippen LogP contribution in [0.4, 0.5) is 0 Å². The van der Waals surface area contributed by atoms with Crippen LogP contribution in [0.15, 0.2) is 0 Å². The van der Waals surface area contributed by atoms with E-state index < -0.39 is 8.80 Å². The number of hydrogen-bond acceptors (Lipinski definition) is 4. The highest BCUT2D eigenvalue weighted by molar-refractivity contribution is 6.60. The van der Waals surface area contributed by atoms with Crippen LogP contribution >= 0.6 is 0 Å². The maximum atomic E-state index is 5.47. The van der Waals surface area contributed by atoms with Gasteiger partial charge in [-0.1, -0.05) is 0 Å². The second-order valence-corrected chi connectivity index (χ2v) is 5.14. The highest BCUT2D eigenvalue weighted by Crippen LogP contribution is 2.13. The van der Waals surface area contributed by atoms with Crippen LogP contribution in [-0.4, -0.2) is 35.7 Å². The van der Waals surface area contributed by atoms with Crippen molar-refractivity contribution in [2.75, 3.05) is 26.9 Å². The van der Waals surface area contributed by atoms with Gasteiger partial charge in [-0.2, -0.15) is 0 Å². The zero-order valence-corrected chi connectivity index (χ0v) is 9.13. The molecule has 0 aliphatic rings. The molecule has 0 rings (SSSR count). The van der Waals surface area contributed by atoms with Gasteiger partial charge in [0.2, 0.25) is 0 Å². The highest BCUT2D eigenvalue weighted by atomic mass is 28.4. The van der Waals surface area contributed by atoms with E-state index in [0.29, 0.717) is 25.8 Å². The average molecular weight is 193 g/mol. The van der Waals surface area contributed by atoms with Gasteiger partial charge >= 0.3 is 8.80 Å². The second-order valence-electron chi connectivity index (χ2n) is 2.29. The Kier molecular flexibility index (Phi) is 6.59. The molecule has 0 aliphatic carbocycles. The molecule has 5 heteroatoms. The Hall–Kier alpha value is 0.0569. The first-order valence-corrected chi connectivity index (χ1v) is 6.21. The molecule has 0 saturated heterocycles. The van der Waals surface area contributed by atoms with Crippen LogP contribution in [0.25, 0.3) is 0 Å². The van der Waals surface area contributed by atoms with Crippen molar-refractivity contribution in [1.82, 2.24) is 0 Å². The molecule has 4 nitrogen and oxygen atoms in total. The summed E-state index contributed by atoms with van der Waals surface area (Å²) in [7, 11) is -0.776. The lowest BCUT2D eigenvalue weighted by Crippen LogP contribution is -2.46. The molecule has 0 radical (unpaired) electrons. The van der Waals surface area contributed by atoms with Gasteiger partial charge < -0.3 is 19.0 Å². The minimum atomic E-state index is -2.39. The summed E-state index contributed by atoms with van der Waals surface area (Å²) in [6.45, 7) is 5.62. The van der Waals surface area contributed by atoms with Crippen LogP contribution < -0.4 is 5.73 Å². The first kappa shape index (κ1) is 12.1. The van der Waals surface area contributed by atoms with Gasteiger partial charge in [-0.3, -0.25) is 0 Å². The third-order valence-electron chi connectivity index (χ3n) is 1.49. The number of nitrogens with two attached hydrogens (primary N) is 1. The fourth-order valence-electron chi connectivity index (χ4n) is 1.02. The lowest BCUT2D eigenvalue weighted by molar-refractivity contribution is 0.0873. The Labute approximate surface area is 75.4 Å². The Morgan fingerprint density at radius 3 is 1.92 bits per heavy atom. The van der Waals surface area contributed by atoms with Crippen molar-refractivity contribution in [2.45, 2.75) is 19.9 Å². The van der Waals surface area contributed by atoms with Crippen molar-refractivity contribution < 1.29 is 13.3 Å². The molecular weight excluding hydrogens is 174 g/mol. The maximum Gasteiger partial charge on any atom is 0.501 e. The van der Waals surface area contributed by atoms with E-state index in [9.17, 15) is 0 Å². The van der Waals surface area contributed by atoms with E-state index in [1.807, 2.05) is 13.8 Å². The summed E-state index contributed by atoms with van der Waals surface area (Å²) in [5.74, 6) is 0. The molecule has 0 spiro atoms. The third-order valence-corrected chi connectivity index (χ3v) is 4.47. The Morgan fingerprint density at radius 2 is 1.67 bits per heavy atom. The largest absolute Gasteiger partial charge is 0.501 e. The van der Waals surface area contributed by atoms with Crippen LogP contribution in [-0.2, 0) is 13.3 Å². The monoisotopic (exact) mass is 193 g/mol. The lowest BCUT2D eigenvalue weighted by atomic mass is 10.8. The fourth-order valence-corrected chi connectivity index (χ4v) is 3.07. The third kappa shape index (κ3) is 3.64. The summed E-state index contributed by atoms with van der Waals surface area (Å²) in [5, 5.41) is 0. The molecule has 0 bridgehead atoms. The zero-order valence-electron chi connectivity index (χ0n) is 8.13. The molecule has 0 amide bonds. The topological polar surface area (TPSA) is 53.7 Å². The fraction of sp³-hybridized carbons (Fsp3) is 1.00. The molecule has 0 aliphatic heterocycles. The van der Waals surface area contributed by atoms with Crippen molar-refractivity contribution in [3.63, 3.8) is 0 Å². The quantitative estimate of drug-likeness (QED) is 0.602. The molecule has 12 heavy (non-hydrogen) atoms. The van der Waals surface area contributed by atoms with Crippen LogP contribution in [0.2, 0.25) is 6.04 Å². The molecule has 0 unspecified atom stereocenters. The summed E-state index contributed by atoms with van der Waals surface area (Å²) >= 11 is 0. The standard InChI is InChI=1S/C7H19NO3Si/c1-4-10-12(9-3,7-6-8)11-5-2/h4-8H2,1-3H3. The first-order valence-electron chi connectivity index (χ1n) is 4.27. The summed E-state index contributed by atoms with van der Waals surface area (Å²) < 4.78 is 16.2. The van der Waals surface area contributed by atoms with E-state index >= 15 is 0 Å². The maximum absolute atomic E-state index is 5.47. The Bertz CT molecular complexity index is 95.8. The van der Waals surface area contributed by atoms with E-state index in [0.717, 1.165) is 0 Å². The lowest BCUT2D eigenvalue weighted by Gasteiger charge is -2.26. The van der Waals surface area contributed by atoms with Gasteiger partial charge in [0.05, 0.1) is 0 Å². The molecule has 0 fully saturated rings. The normalized spacial score (nSPS) is 12.0.